The Bertz CT molecular complexity index is 333. The number of nitrogens with one attached hydrogen (secondary N) is 1. The average molecular weight is 333 g/mol. The molecular formula is C12H16INO2. The van der Waals surface area contributed by atoms with Gasteiger partial charge in [-0.1, -0.05) is 0 Å². The van der Waals surface area contributed by atoms with Crippen LogP contribution in [0, 0.1) is 3.57 Å². The van der Waals surface area contributed by atoms with Gasteiger partial charge in [-0.05, 0) is 72.8 Å². The van der Waals surface area contributed by atoms with Gasteiger partial charge in [0.05, 0.1) is 0 Å². The first-order chi connectivity index (χ1) is 7.68. The number of rotatable bonds is 3. The van der Waals surface area contributed by atoms with Gasteiger partial charge in [0.25, 0.3) is 0 Å². The highest BCUT2D eigenvalue weighted by Gasteiger charge is 2.29. The summed E-state index contributed by atoms with van der Waals surface area (Å²) >= 11 is 2.26. The third-order valence-electron chi connectivity index (χ3n) is 2.86. The van der Waals surface area contributed by atoms with E-state index in [4.69, 9.17) is 4.74 Å². The Kier molecular flexibility index (Phi) is 4.05. The smallest absolute Gasteiger partial charge is 0.119 e. The van der Waals surface area contributed by atoms with E-state index in [1.165, 1.54) is 3.57 Å². The van der Waals surface area contributed by atoms with Crippen molar-refractivity contribution in [3.63, 3.8) is 0 Å². The van der Waals surface area contributed by atoms with Crippen molar-refractivity contribution in [2.45, 2.75) is 18.4 Å². The van der Waals surface area contributed by atoms with E-state index in [2.05, 4.69) is 27.9 Å². The van der Waals surface area contributed by atoms with Gasteiger partial charge >= 0.3 is 0 Å². The van der Waals surface area contributed by atoms with Crippen LogP contribution in [0.15, 0.2) is 24.3 Å². The number of benzene rings is 1. The summed E-state index contributed by atoms with van der Waals surface area (Å²) in [4.78, 5) is 0. The maximum atomic E-state index is 10.2. The summed E-state index contributed by atoms with van der Waals surface area (Å²) in [6, 6.07) is 7.88. The first kappa shape index (κ1) is 12.1. The maximum Gasteiger partial charge on any atom is 0.119 e. The Balaban J connectivity index is 1.88. The van der Waals surface area contributed by atoms with Gasteiger partial charge in [-0.3, -0.25) is 0 Å². The van der Waals surface area contributed by atoms with E-state index < -0.39 is 5.60 Å². The lowest BCUT2D eigenvalue weighted by molar-refractivity contribution is -0.0286. The fourth-order valence-electron chi connectivity index (χ4n) is 1.78. The highest BCUT2D eigenvalue weighted by molar-refractivity contribution is 14.1. The zero-order valence-corrected chi connectivity index (χ0v) is 11.2. The molecule has 0 amide bonds. The molecule has 0 atom stereocenters. The van der Waals surface area contributed by atoms with Crippen molar-refractivity contribution in [1.82, 2.24) is 5.32 Å². The summed E-state index contributed by atoms with van der Waals surface area (Å²) < 4.78 is 6.81. The molecule has 0 radical (unpaired) electrons. The monoisotopic (exact) mass is 333 g/mol. The van der Waals surface area contributed by atoms with Crippen LogP contribution >= 0.6 is 22.6 Å². The molecule has 1 saturated heterocycles. The van der Waals surface area contributed by atoms with Crippen LogP contribution in [0.1, 0.15) is 12.8 Å². The van der Waals surface area contributed by atoms with Gasteiger partial charge in [0, 0.05) is 3.57 Å². The quantitative estimate of drug-likeness (QED) is 0.829. The van der Waals surface area contributed by atoms with Gasteiger partial charge in [-0.15, -0.1) is 0 Å². The molecule has 1 aliphatic heterocycles. The maximum absolute atomic E-state index is 10.2. The molecule has 2 N–H and O–H groups in total. The van der Waals surface area contributed by atoms with Crippen LogP contribution < -0.4 is 10.1 Å². The Hall–Kier alpha value is -0.330. The minimum absolute atomic E-state index is 0.384. The third-order valence-corrected chi connectivity index (χ3v) is 3.57. The summed E-state index contributed by atoms with van der Waals surface area (Å²) in [6.45, 7) is 2.12. The zero-order chi connectivity index (χ0) is 11.4. The molecule has 0 aromatic heterocycles. The predicted octanol–water partition coefficient (Wildman–Crippen LogP) is 1.78. The van der Waals surface area contributed by atoms with Gasteiger partial charge < -0.3 is 15.2 Å². The van der Waals surface area contributed by atoms with E-state index in [0.29, 0.717) is 6.61 Å². The first-order valence-electron chi connectivity index (χ1n) is 5.49. The van der Waals surface area contributed by atoms with E-state index >= 15 is 0 Å². The van der Waals surface area contributed by atoms with Gasteiger partial charge in [0.1, 0.15) is 18.0 Å². The van der Waals surface area contributed by atoms with Gasteiger partial charge in [0.15, 0.2) is 0 Å². The Labute approximate surface area is 109 Å². The second kappa shape index (κ2) is 5.33. The van der Waals surface area contributed by atoms with Crippen LogP contribution in [-0.4, -0.2) is 30.4 Å². The van der Waals surface area contributed by atoms with Crippen molar-refractivity contribution in [2.75, 3.05) is 19.7 Å². The lowest BCUT2D eigenvalue weighted by Gasteiger charge is -2.32. The fourth-order valence-corrected chi connectivity index (χ4v) is 2.14. The van der Waals surface area contributed by atoms with Crippen LogP contribution in [0.25, 0.3) is 0 Å². The van der Waals surface area contributed by atoms with E-state index in [0.717, 1.165) is 31.7 Å². The van der Waals surface area contributed by atoms with Crippen LogP contribution in [0.4, 0.5) is 0 Å². The van der Waals surface area contributed by atoms with Crippen LogP contribution in [0.2, 0.25) is 0 Å². The molecule has 3 nitrogen and oxygen atoms in total. The molecule has 1 aliphatic rings. The number of piperidine rings is 1. The molecule has 1 aromatic carbocycles. The van der Waals surface area contributed by atoms with Crippen LogP contribution in [0.3, 0.4) is 0 Å². The molecule has 4 heteroatoms. The molecular weight excluding hydrogens is 317 g/mol. The molecule has 1 fully saturated rings. The van der Waals surface area contributed by atoms with Crippen molar-refractivity contribution in [1.29, 1.82) is 0 Å². The molecule has 0 unspecified atom stereocenters. The number of halogens is 1. The number of hydrogen-bond acceptors (Lipinski definition) is 3. The Morgan fingerprint density at radius 2 is 1.88 bits per heavy atom. The minimum atomic E-state index is -0.658. The molecule has 2 rings (SSSR count). The van der Waals surface area contributed by atoms with E-state index in [-0.39, 0.29) is 0 Å². The number of hydrogen-bond donors (Lipinski definition) is 2. The van der Waals surface area contributed by atoms with Crippen LogP contribution in [-0.2, 0) is 0 Å². The van der Waals surface area contributed by atoms with Crippen molar-refractivity contribution >= 4 is 22.6 Å². The van der Waals surface area contributed by atoms with E-state index in [1.807, 2.05) is 24.3 Å². The zero-order valence-electron chi connectivity index (χ0n) is 9.08. The molecule has 1 aromatic rings. The highest BCUT2D eigenvalue weighted by Crippen LogP contribution is 2.20. The number of aliphatic hydroxyl groups is 1. The average Bonchev–Trinajstić information content (AvgIpc) is 2.29. The second-order valence-corrected chi connectivity index (χ2v) is 5.46. The molecule has 88 valence electrons. The minimum Gasteiger partial charge on any atom is -0.491 e. The van der Waals surface area contributed by atoms with Crippen molar-refractivity contribution in [3.8, 4) is 5.75 Å². The summed E-state index contributed by atoms with van der Waals surface area (Å²) in [5.41, 5.74) is -0.658. The first-order valence-corrected chi connectivity index (χ1v) is 6.57. The van der Waals surface area contributed by atoms with Gasteiger partial charge in [-0.2, -0.15) is 0 Å². The third kappa shape index (κ3) is 3.33. The molecule has 0 saturated carbocycles. The normalized spacial score (nSPS) is 19.4. The van der Waals surface area contributed by atoms with Crippen LogP contribution in [0.5, 0.6) is 5.75 Å². The fraction of sp³-hybridized carbons (Fsp3) is 0.500. The molecule has 1 heterocycles. The summed E-state index contributed by atoms with van der Waals surface area (Å²) in [5, 5.41) is 13.4. The lowest BCUT2D eigenvalue weighted by atomic mass is 9.94. The molecule has 0 aliphatic carbocycles. The summed E-state index contributed by atoms with van der Waals surface area (Å²) in [5.74, 6) is 0.826. The summed E-state index contributed by atoms with van der Waals surface area (Å²) in [6.07, 6.45) is 1.52. The Morgan fingerprint density at radius 1 is 1.25 bits per heavy atom. The number of ether oxygens (including phenoxy) is 1. The van der Waals surface area contributed by atoms with Gasteiger partial charge in [0.2, 0.25) is 0 Å². The Morgan fingerprint density at radius 3 is 2.50 bits per heavy atom. The van der Waals surface area contributed by atoms with Gasteiger partial charge in [-0.25, -0.2) is 0 Å². The predicted molar refractivity (Wildman–Crippen MR) is 71.7 cm³/mol. The highest BCUT2D eigenvalue weighted by atomic mass is 127. The second-order valence-electron chi connectivity index (χ2n) is 4.22. The standard InChI is InChI=1S/C12H16INO2/c13-10-1-3-11(4-2-10)16-9-12(15)5-7-14-8-6-12/h1-4,14-15H,5-9H2. The largest absolute Gasteiger partial charge is 0.491 e. The van der Waals surface area contributed by atoms with E-state index in [9.17, 15) is 5.11 Å². The molecule has 16 heavy (non-hydrogen) atoms. The lowest BCUT2D eigenvalue weighted by Crippen LogP contribution is -2.45. The topological polar surface area (TPSA) is 41.5 Å². The van der Waals surface area contributed by atoms with Crippen molar-refractivity contribution < 1.29 is 9.84 Å². The molecule has 0 spiro atoms. The van der Waals surface area contributed by atoms with Crippen molar-refractivity contribution in [2.24, 2.45) is 0 Å². The SMILES string of the molecule is OC1(COc2ccc(I)cc2)CCNCC1. The molecule has 0 bridgehead atoms. The van der Waals surface area contributed by atoms with E-state index in [1.54, 1.807) is 0 Å². The van der Waals surface area contributed by atoms with Crippen molar-refractivity contribution in [3.05, 3.63) is 27.8 Å². The summed E-state index contributed by atoms with van der Waals surface area (Å²) in [7, 11) is 0.